The fourth-order valence-corrected chi connectivity index (χ4v) is 4.94. The van der Waals surface area contributed by atoms with Gasteiger partial charge in [0.25, 0.3) is 5.91 Å². The van der Waals surface area contributed by atoms with Crippen molar-refractivity contribution in [1.29, 1.82) is 0 Å². The number of carbonyl (C=O) groups is 1. The molecule has 9 nitrogen and oxygen atoms in total. The molecule has 0 aliphatic carbocycles. The molecule has 0 radical (unpaired) electrons. The highest BCUT2D eigenvalue weighted by molar-refractivity contribution is 7.91. The van der Waals surface area contributed by atoms with Crippen LogP contribution in [0.4, 0.5) is 5.82 Å². The van der Waals surface area contributed by atoms with Crippen LogP contribution in [0.2, 0.25) is 0 Å². The molecule has 10 heteroatoms. The van der Waals surface area contributed by atoms with Gasteiger partial charge in [-0.2, -0.15) is 0 Å². The lowest BCUT2D eigenvalue weighted by Gasteiger charge is -2.26. The van der Waals surface area contributed by atoms with Crippen LogP contribution in [0.25, 0.3) is 0 Å². The number of rotatable bonds is 6. The van der Waals surface area contributed by atoms with E-state index in [1.807, 2.05) is 0 Å². The van der Waals surface area contributed by atoms with Crippen LogP contribution in [0.5, 0.6) is 0 Å². The maximum Gasteiger partial charge on any atom is 0.272 e. The number of nitrogens with zero attached hydrogens (tertiary/aromatic N) is 4. The van der Waals surface area contributed by atoms with Gasteiger partial charge in [-0.1, -0.05) is 0 Å². The summed E-state index contributed by atoms with van der Waals surface area (Å²) in [6.07, 6.45) is 1.82. The summed E-state index contributed by atoms with van der Waals surface area (Å²) in [6, 6.07) is 1.32. The molecule has 1 atom stereocenters. The molecule has 0 aromatic carbocycles. The number of anilines is 1. The molecule has 2 fully saturated rings. The Kier molecular flexibility index (Phi) is 6.05. The van der Waals surface area contributed by atoms with Gasteiger partial charge < -0.3 is 15.0 Å². The first-order valence-corrected chi connectivity index (χ1v) is 10.6. The summed E-state index contributed by atoms with van der Waals surface area (Å²) in [5.74, 6) is 0.452. The number of carbonyl (C=O) groups excluding carboxylic acids is 1. The minimum Gasteiger partial charge on any atom is -0.379 e. The van der Waals surface area contributed by atoms with Gasteiger partial charge in [0, 0.05) is 45.3 Å². The van der Waals surface area contributed by atoms with Crippen LogP contribution >= 0.6 is 0 Å². The van der Waals surface area contributed by atoms with Crippen molar-refractivity contribution in [3.8, 4) is 0 Å². The number of nitrogens with one attached hydrogen (secondary N) is 1. The summed E-state index contributed by atoms with van der Waals surface area (Å²) in [4.78, 5) is 24.6. The van der Waals surface area contributed by atoms with Crippen LogP contribution in [0, 0.1) is 0 Å². The summed E-state index contributed by atoms with van der Waals surface area (Å²) >= 11 is 0. The molecule has 2 saturated heterocycles. The van der Waals surface area contributed by atoms with Gasteiger partial charge in [0.05, 0.1) is 24.7 Å². The number of aromatic nitrogens is 2. The molecule has 3 heterocycles. The Balaban J connectivity index is 1.55. The summed E-state index contributed by atoms with van der Waals surface area (Å²) in [5.41, 5.74) is 0.265. The first-order chi connectivity index (χ1) is 12.4. The van der Waals surface area contributed by atoms with Gasteiger partial charge >= 0.3 is 0 Å². The van der Waals surface area contributed by atoms with E-state index in [0.717, 1.165) is 32.8 Å². The van der Waals surface area contributed by atoms with E-state index in [-0.39, 0.29) is 29.1 Å². The van der Waals surface area contributed by atoms with E-state index in [2.05, 4.69) is 20.2 Å². The molecule has 1 aromatic rings. The molecule has 1 N–H and O–H groups in total. The van der Waals surface area contributed by atoms with Crippen molar-refractivity contribution in [3.63, 3.8) is 0 Å². The third-order valence-corrected chi connectivity index (χ3v) is 6.55. The Bertz CT molecular complexity index is 736. The van der Waals surface area contributed by atoms with Crippen molar-refractivity contribution in [3.05, 3.63) is 18.1 Å². The Morgan fingerprint density at radius 3 is 2.85 bits per heavy atom. The summed E-state index contributed by atoms with van der Waals surface area (Å²) < 4.78 is 28.6. The molecule has 3 rings (SSSR count). The smallest absolute Gasteiger partial charge is 0.272 e. The zero-order valence-electron chi connectivity index (χ0n) is 14.9. The number of morpholine rings is 1. The van der Waals surface area contributed by atoms with Gasteiger partial charge in [0.15, 0.2) is 9.84 Å². The van der Waals surface area contributed by atoms with Crippen LogP contribution in [0.3, 0.4) is 0 Å². The maximum absolute atomic E-state index is 12.6. The first-order valence-electron chi connectivity index (χ1n) is 8.78. The summed E-state index contributed by atoms with van der Waals surface area (Å²) in [7, 11) is -1.41. The topological polar surface area (TPSA) is 105 Å². The predicted molar refractivity (Wildman–Crippen MR) is 96.9 cm³/mol. The third kappa shape index (κ3) is 4.89. The highest BCUT2D eigenvalue weighted by atomic mass is 32.2. The minimum atomic E-state index is -3.04. The lowest BCUT2D eigenvalue weighted by atomic mass is 10.2. The first kappa shape index (κ1) is 19.0. The van der Waals surface area contributed by atoms with E-state index in [1.165, 1.54) is 11.2 Å². The molecule has 0 bridgehead atoms. The minimum absolute atomic E-state index is 0.0188. The van der Waals surface area contributed by atoms with E-state index in [9.17, 15) is 13.2 Å². The lowest BCUT2D eigenvalue weighted by Crippen LogP contribution is -2.39. The quantitative estimate of drug-likeness (QED) is 0.700. The molecule has 0 saturated carbocycles. The van der Waals surface area contributed by atoms with E-state index in [1.54, 1.807) is 13.1 Å². The Morgan fingerprint density at radius 2 is 2.15 bits per heavy atom. The van der Waals surface area contributed by atoms with Crippen LogP contribution in [-0.2, 0) is 14.6 Å². The fourth-order valence-electron chi connectivity index (χ4n) is 3.17. The molecule has 2 aliphatic heterocycles. The van der Waals surface area contributed by atoms with Crippen molar-refractivity contribution in [2.75, 3.05) is 63.3 Å². The standard InChI is InChI=1S/C16H25N5O4S/c1-20(13-2-9-26(23,24)11-13)16(22)14-10-15(19-12-18-14)17-3-4-21-5-7-25-8-6-21/h10,12-13H,2-9,11H2,1H3,(H,17,18,19). The normalized spacial score (nSPS) is 22.9. The van der Waals surface area contributed by atoms with E-state index < -0.39 is 9.84 Å². The summed E-state index contributed by atoms with van der Waals surface area (Å²) in [6.45, 7) is 4.94. The average Bonchev–Trinajstić information content (AvgIpc) is 3.01. The second-order valence-electron chi connectivity index (χ2n) is 6.64. The molecule has 1 amide bonds. The second-order valence-corrected chi connectivity index (χ2v) is 8.87. The number of ether oxygens (including phenoxy) is 1. The molecule has 1 aromatic heterocycles. The van der Waals surface area contributed by atoms with Crippen LogP contribution in [0.1, 0.15) is 16.9 Å². The zero-order valence-corrected chi connectivity index (χ0v) is 15.7. The molecule has 1 unspecified atom stereocenters. The van der Waals surface area contributed by atoms with Gasteiger partial charge in [-0.05, 0) is 6.42 Å². The van der Waals surface area contributed by atoms with Crippen LogP contribution < -0.4 is 5.32 Å². The van der Waals surface area contributed by atoms with Crippen molar-refractivity contribution in [2.45, 2.75) is 12.5 Å². The summed E-state index contributed by atoms with van der Waals surface area (Å²) in [5, 5.41) is 3.21. The Labute approximate surface area is 153 Å². The average molecular weight is 383 g/mol. The molecule has 0 spiro atoms. The largest absolute Gasteiger partial charge is 0.379 e. The van der Waals surface area contributed by atoms with Crippen molar-refractivity contribution in [1.82, 2.24) is 19.8 Å². The molecular formula is C16H25N5O4S. The highest BCUT2D eigenvalue weighted by Crippen LogP contribution is 2.18. The number of amides is 1. The molecule has 144 valence electrons. The highest BCUT2D eigenvalue weighted by Gasteiger charge is 2.33. The monoisotopic (exact) mass is 383 g/mol. The molecule has 26 heavy (non-hydrogen) atoms. The van der Waals surface area contributed by atoms with E-state index >= 15 is 0 Å². The zero-order chi connectivity index (χ0) is 18.6. The van der Waals surface area contributed by atoms with Gasteiger partial charge in [0.2, 0.25) is 0 Å². The Morgan fingerprint density at radius 1 is 1.38 bits per heavy atom. The number of hydrogen-bond acceptors (Lipinski definition) is 8. The van der Waals surface area contributed by atoms with Gasteiger partial charge in [-0.15, -0.1) is 0 Å². The van der Waals surface area contributed by atoms with Gasteiger partial charge in [-0.25, -0.2) is 18.4 Å². The van der Waals surface area contributed by atoms with Gasteiger partial charge in [0.1, 0.15) is 17.8 Å². The van der Waals surface area contributed by atoms with E-state index in [4.69, 9.17) is 4.74 Å². The SMILES string of the molecule is CN(C(=O)c1cc(NCCN2CCOCC2)ncn1)C1CCS(=O)(=O)C1. The van der Waals surface area contributed by atoms with Crippen molar-refractivity contribution < 1.29 is 17.9 Å². The Hall–Kier alpha value is -1.78. The van der Waals surface area contributed by atoms with E-state index in [0.29, 0.717) is 18.8 Å². The van der Waals surface area contributed by atoms with Crippen LogP contribution in [0.15, 0.2) is 12.4 Å². The molecular weight excluding hydrogens is 358 g/mol. The van der Waals surface area contributed by atoms with Crippen molar-refractivity contribution >= 4 is 21.6 Å². The fraction of sp³-hybridized carbons (Fsp3) is 0.688. The predicted octanol–water partition coefficient (Wildman–Crippen LogP) is -0.520. The van der Waals surface area contributed by atoms with Crippen LogP contribution in [-0.4, -0.2) is 98.1 Å². The number of hydrogen-bond donors (Lipinski definition) is 1. The molecule has 2 aliphatic rings. The second kappa shape index (κ2) is 8.28. The number of sulfone groups is 1. The maximum atomic E-state index is 12.6. The lowest BCUT2D eigenvalue weighted by molar-refractivity contribution is 0.0398. The van der Waals surface area contributed by atoms with Crippen molar-refractivity contribution in [2.24, 2.45) is 0 Å². The van der Waals surface area contributed by atoms with Gasteiger partial charge in [-0.3, -0.25) is 9.69 Å². The third-order valence-electron chi connectivity index (χ3n) is 4.80.